The summed E-state index contributed by atoms with van der Waals surface area (Å²) in [5.74, 6) is -0.00743. The molecule has 2 saturated heterocycles. The summed E-state index contributed by atoms with van der Waals surface area (Å²) >= 11 is 0. The van der Waals surface area contributed by atoms with E-state index in [2.05, 4.69) is 35.7 Å². The summed E-state index contributed by atoms with van der Waals surface area (Å²) in [5.41, 5.74) is 0. The van der Waals surface area contributed by atoms with Gasteiger partial charge in [-0.2, -0.15) is 0 Å². The molecule has 0 amide bonds. The highest BCUT2D eigenvalue weighted by Crippen LogP contribution is 2.21. The van der Waals surface area contributed by atoms with Crippen LogP contribution in [-0.2, 0) is 9.53 Å². The molecule has 1 unspecified atom stereocenters. The van der Waals surface area contributed by atoms with E-state index in [4.69, 9.17) is 4.74 Å². The van der Waals surface area contributed by atoms with Crippen molar-refractivity contribution in [3.8, 4) is 0 Å². The Bertz CT molecular complexity index is 356. The van der Waals surface area contributed by atoms with Gasteiger partial charge in [-0.15, -0.1) is 0 Å². The number of likely N-dealkylation sites (tertiary alicyclic amines) is 1. The molecule has 0 radical (unpaired) electrons. The lowest BCUT2D eigenvalue weighted by Gasteiger charge is -2.45. The fraction of sp³-hybridized carbons (Fsp3) is 0.944. The molecule has 0 spiro atoms. The van der Waals surface area contributed by atoms with Crippen LogP contribution in [-0.4, -0.2) is 86.2 Å². The highest BCUT2D eigenvalue weighted by Gasteiger charge is 2.37. The van der Waals surface area contributed by atoms with E-state index >= 15 is 0 Å². The Kier molecular flexibility index (Phi) is 7.80. The molecule has 0 aromatic carbocycles. The van der Waals surface area contributed by atoms with Gasteiger partial charge in [-0.1, -0.05) is 26.2 Å². The van der Waals surface area contributed by atoms with Crippen LogP contribution in [0.1, 0.15) is 45.4 Å². The summed E-state index contributed by atoms with van der Waals surface area (Å²) in [6.45, 7) is 7.89. The first-order valence-electron chi connectivity index (χ1n) is 9.41. The summed E-state index contributed by atoms with van der Waals surface area (Å²) in [7, 11) is 4.29. The minimum atomic E-state index is -0.0756. The Balaban J connectivity index is 1.85. The van der Waals surface area contributed by atoms with Crippen LogP contribution in [0.2, 0.25) is 0 Å². The fourth-order valence-corrected chi connectivity index (χ4v) is 3.70. The lowest BCUT2D eigenvalue weighted by Crippen LogP contribution is -2.60. The molecule has 2 fully saturated rings. The zero-order valence-electron chi connectivity index (χ0n) is 15.3. The van der Waals surface area contributed by atoms with Crippen molar-refractivity contribution >= 4 is 5.97 Å². The van der Waals surface area contributed by atoms with Gasteiger partial charge in [-0.05, 0) is 46.4 Å². The molecule has 1 atom stereocenters. The SMILES string of the molecule is CCCCCCOC(=O)C1CN(C)CCN1C1CCN(C)CC1. The highest BCUT2D eigenvalue weighted by molar-refractivity contribution is 5.76. The third-order valence-corrected chi connectivity index (χ3v) is 5.30. The van der Waals surface area contributed by atoms with E-state index < -0.39 is 0 Å². The number of unbranched alkanes of at least 4 members (excludes halogenated alkanes) is 3. The van der Waals surface area contributed by atoms with Crippen LogP contribution in [0.25, 0.3) is 0 Å². The van der Waals surface area contributed by atoms with Crippen LogP contribution in [0.3, 0.4) is 0 Å². The van der Waals surface area contributed by atoms with Crippen molar-refractivity contribution in [3.05, 3.63) is 0 Å². The number of piperidine rings is 1. The van der Waals surface area contributed by atoms with Gasteiger partial charge in [0.2, 0.25) is 0 Å². The van der Waals surface area contributed by atoms with Crippen molar-refractivity contribution in [1.82, 2.24) is 14.7 Å². The second-order valence-electron chi connectivity index (χ2n) is 7.28. The molecule has 2 rings (SSSR count). The van der Waals surface area contributed by atoms with Crippen LogP contribution < -0.4 is 0 Å². The number of carbonyl (C=O) groups excluding carboxylic acids is 1. The highest BCUT2D eigenvalue weighted by atomic mass is 16.5. The minimum absolute atomic E-state index is 0.00743. The number of hydrogen-bond acceptors (Lipinski definition) is 5. The van der Waals surface area contributed by atoms with Gasteiger partial charge in [0.15, 0.2) is 0 Å². The van der Waals surface area contributed by atoms with Crippen molar-refractivity contribution in [2.24, 2.45) is 0 Å². The Hall–Kier alpha value is -0.650. The lowest BCUT2D eigenvalue weighted by atomic mass is 9.99. The van der Waals surface area contributed by atoms with Crippen molar-refractivity contribution in [2.45, 2.75) is 57.5 Å². The van der Waals surface area contributed by atoms with Crippen LogP contribution >= 0.6 is 0 Å². The van der Waals surface area contributed by atoms with Crippen LogP contribution in [0.15, 0.2) is 0 Å². The molecule has 2 heterocycles. The van der Waals surface area contributed by atoms with E-state index in [1.807, 2.05) is 0 Å². The third kappa shape index (κ3) is 5.73. The smallest absolute Gasteiger partial charge is 0.324 e. The van der Waals surface area contributed by atoms with Crippen molar-refractivity contribution in [1.29, 1.82) is 0 Å². The first-order valence-corrected chi connectivity index (χ1v) is 9.41. The van der Waals surface area contributed by atoms with Crippen LogP contribution in [0.5, 0.6) is 0 Å². The molecule has 0 N–H and O–H groups in total. The van der Waals surface area contributed by atoms with E-state index in [-0.39, 0.29) is 12.0 Å². The molecule has 0 bridgehead atoms. The van der Waals surface area contributed by atoms with Gasteiger partial charge in [-0.3, -0.25) is 9.69 Å². The first-order chi connectivity index (χ1) is 11.1. The van der Waals surface area contributed by atoms with Gasteiger partial charge in [-0.25, -0.2) is 0 Å². The number of piperazine rings is 1. The average molecular weight is 325 g/mol. The number of nitrogens with zero attached hydrogens (tertiary/aromatic N) is 3. The minimum Gasteiger partial charge on any atom is -0.464 e. The first kappa shape index (κ1) is 18.7. The number of rotatable bonds is 7. The van der Waals surface area contributed by atoms with Gasteiger partial charge < -0.3 is 14.5 Å². The van der Waals surface area contributed by atoms with Gasteiger partial charge in [0.25, 0.3) is 0 Å². The molecule has 2 aliphatic heterocycles. The van der Waals surface area contributed by atoms with Gasteiger partial charge >= 0.3 is 5.97 Å². The number of esters is 1. The Labute approximate surface area is 141 Å². The van der Waals surface area contributed by atoms with Gasteiger partial charge in [0, 0.05) is 25.7 Å². The van der Waals surface area contributed by atoms with Gasteiger partial charge in [0.05, 0.1) is 6.61 Å². The maximum atomic E-state index is 12.6. The average Bonchev–Trinajstić information content (AvgIpc) is 2.55. The number of likely N-dealkylation sites (N-methyl/N-ethyl adjacent to an activating group) is 1. The monoisotopic (exact) mass is 325 g/mol. The largest absolute Gasteiger partial charge is 0.464 e. The van der Waals surface area contributed by atoms with E-state index in [0.29, 0.717) is 12.6 Å². The molecule has 134 valence electrons. The summed E-state index contributed by atoms with van der Waals surface area (Å²) in [6.07, 6.45) is 6.93. The van der Waals surface area contributed by atoms with Crippen LogP contribution in [0.4, 0.5) is 0 Å². The summed E-state index contributed by atoms with van der Waals surface area (Å²) < 4.78 is 5.60. The molecule has 0 aromatic rings. The van der Waals surface area contributed by atoms with E-state index in [1.54, 1.807) is 0 Å². The molecule has 23 heavy (non-hydrogen) atoms. The lowest BCUT2D eigenvalue weighted by molar-refractivity contribution is -0.154. The second kappa shape index (κ2) is 9.60. The molecule has 0 aliphatic carbocycles. The van der Waals surface area contributed by atoms with Crippen molar-refractivity contribution in [2.75, 3.05) is 53.4 Å². The van der Waals surface area contributed by atoms with E-state index in [0.717, 1.165) is 45.6 Å². The summed E-state index contributed by atoms with van der Waals surface area (Å²) in [6, 6.07) is 0.464. The molecule has 0 aromatic heterocycles. The van der Waals surface area contributed by atoms with E-state index in [9.17, 15) is 4.79 Å². The normalized spacial score (nSPS) is 25.6. The molecule has 5 heteroatoms. The topological polar surface area (TPSA) is 36.0 Å². The van der Waals surface area contributed by atoms with Crippen molar-refractivity contribution < 1.29 is 9.53 Å². The summed E-state index contributed by atoms with van der Waals surface area (Å²) in [4.78, 5) is 19.7. The quantitative estimate of drug-likeness (QED) is 0.527. The fourth-order valence-electron chi connectivity index (χ4n) is 3.70. The van der Waals surface area contributed by atoms with Gasteiger partial charge in [0.1, 0.15) is 6.04 Å². The number of ether oxygens (including phenoxy) is 1. The Morgan fingerprint density at radius 3 is 2.43 bits per heavy atom. The Morgan fingerprint density at radius 2 is 1.74 bits per heavy atom. The summed E-state index contributed by atoms with van der Waals surface area (Å²) in [5, 5.41) is 0. The third-order valence-electron chi connectivity index (χ3n) is 5.30. The zero-order chi connectivity index (χ0) is 16.7. The second-order valence-corrected chi connectivity index (χ2v) is 7.28. The maximum absolute atomic E-state index is 12.6. The maximum Gasteiger partial charge on any atom is 0.324 e. The molecular formula is C18H35N3O2. The van der Waals surface area contributed by atoms with Crippen LogP contribution in [0, 0.1) is 0 Å². The number of hydrogen-bond donors (Lipinski definition) is 0. The molecule has 5 nitrogen and oxygen atoms in total. The number of carbonyl (C=O) groups is 1. The molecule has 2 aliphatic rings. The molecular weight excluding hydrogens is 290 g/mol. The predicted molar refractivity (Wildman–Crippen MR) is 93.6 cm³/mol. The predicted octanol–water partition coefficient (Wildman–Crippen LogP) is 1.82. The Morgan fingerprint density at radius 1 is 1.00 bits per heavy atom. The molecule has 0 saturated carbocycles. The van der Waals surface area contributed by atoms with Crippen molar-refractivity contribution in [3.63, 3.8) is 0 Å². The van der Waals surface area contributed by atoms with E-state index in [1.165, 1.54) is 25.7 Å². The standard InChI is InChI=1S/C18H35N3O2/c1-4-5-6-7-14-23-18(22)17-15-20(3)12-13-21(17)16-8-10-19(2)11-9-16/h16-17H,4-15H2,1-3H3. The zero-order valence-corrected chi connectivity index (χ0v) is 15.3.